The molecule has 2 aliphatic rings. The predicted molar refractivity (Wildman–Crippen MR) is 107 cm³/mol. The summed E-state index contributed by atoms with van der Waals surface area (Å²) in [5, 5.41) is 4.32. The smallest absolute Gasteiger partial charge is 0.0410 e. The van der Waals surface area contributed by atoms with Gasteiger partial charge in [-0.15, -0.1) is 24.8 Å². The van der Waals surface area contributed by atoms with E-state index >= 15 is 0 Å². The Balaban J connectivity index is 0.00000132. The van der Waals surface area contributed by atoms with Gasteiger partial charge < -0.3 is 5.32 Å². The minimum absolute atomic E-state index is 0. The first-order chi connectivity index (χ1) is 10.3. The Hall–Kier alpha value is 0.490. The van der Waals surface area contributed by atoms with Crippen LogP contribution < -0.4 is 5.32 Å². The van der Waals surface area contributed by atoms with E-state index in [4.69, 9.17) is 11.6 Å². The van der Waals surface area contributed by atoms with E-state index in [0.29, 0.717) is 6.04 Å². The van der Waals surface area contributed by atoms with Crippen LogP contribution in [0.4, 0.5) is 0 Å². The SMILES string of the molecule is Cl.Cl.Clc1ccc(Br)c([C@@H](C2CCCCC2)N2CCNCC2)c1. The molecule has 2 fully saturated rings. The minimum atomic E-state index is 0. The third-order valence-corrected chi connectivity index (χ3v) is 5.88. The maximum atomic E-state index is 6.29. The normalized spacial score (nSPS) is 21.1. The van der Waals surface area contributed by atoms with Gasteiger partial charge in [0.15, 0.2) is 0 Å². The van der Waals surface area contributed by atoms with Crippen molar-refractivity contribution in [2.24, 2.45) is 5.92 Å². The highest BCUT2D eigenvalue weighted by Gasteiger charge is 2.32. The van der Waals surface area contributed by atoms with Gasteiger partial charge in [-0.1, -0.05) is 46.8 Å². The van der Waals surface area contributed by atoms with Crippen LogP contribution in [0.3, 0.4) is 0 Å². The first-order valence-corrected chi connectivity index (χ1v) is 9.32. The molecule has 132 valence electrons. The van der Waals surface area contributed by atoms with Gasteiger partial charge in [-0.05, 0) is 42.5 Å². The number of halogens is 4. The molecule has 0 aromatic heterocycles. The van der Waals surface area contributed by atoms with E-state index in [0.717, 1.165) is 37.1 Å². The molecule has 0 radical (unpaired) electrons. The molecule has 1 saturated carbocycles. The fourth-order valence-corrected chi connectivity index (χ4v) is 4.56. The van der Waals surface area contributed by atoms with Crippen LogP contribution in [0.5, 0.6) is 0 Å². The van der Waals surface area contributed by atoms with Crippen LogP contribution in [0.25, 0.3) is 0 Å². The van der Waals surface area contributed by atoms with Crippen molar-refractivity contribution >= 4 is 52.3 Å². The summed E-state index contributed by atoms with van der Waals surface area (Å²) < 4.78 is 1.21. The number of benzene rings is 1. The van der Waals surface area contributed by atoms with Crippen molar-refractivity contribution in [2.75, 3.05) is 26.2 Å². The lowest BCUT2D eigenvalue weighted by molar-refractivity contribution is 0.103. The number of nitrogens with zero attached hydrogens (tertiary/aromatic N) is 1. The van der Waals surface area contributed by atoms with Crippen LogP contribution in [0.15, 0.2) is 22.7 Å². The van der Waals surface area contributed by atoms with Gasteiger partial charge in [0.05, 0.1) is 0 Å². The van der Waals surface area contributed by atoms with E-state index in [1.165, 1.54) is 42.1 Å². The molecule has 1 aromatic rings. The average Bonchev–Trinajstić information content (AvgIpc) is 2.53. The maximum Gasteiger partial charge on any atom is 0.0410 e. The number of hydrogen-bond acceptors (Lipinski definition) is 2. The van der Waals surface area contributed by atoms with E-state index in [2.05, 4.69) is 38.3 Å². The van der Waals surface area contributed by atoms with Gasteiger partial charge in [-0.3, -0.25) is 4.90 Å². The molecule has 6 heteroatoms. The Morgan fingerprint density at radius 3 is 2.39 bits per heavy atom. The molecule has 1 saturated heterocycles. The van der Waals surface area contributed by atoms with Gasteiger partial charge in [0.2, 0.25) is 0 Å². The molecule has 0 unspecified atom stereocenters. The number of nitrogens with one attached hydrogen (secondary N) is 1. The summed E-state index contributed by atoms with van der Waals surface area (Å²) in [6.45, 7) is 4.48. The molecule has 1 atom stereocenters. The molecule has 1 aliphatic carbocycles. The predicted octanol–water partition coefficient (Wildman–Crippen LogP) is 5.47. The van der Waals surface area contributed by atoms with Gasteiger partial charge in [-0.2, -0.15) is 0 Å². The summed E-state index contributed by atoms with van der Waals surface area (Å²) in [5.41, 5.74) is 1.39. The van der Waals surface area contributed by atoms with E-state index < -0.39 is 0 Å². The zero-order valence-corrected chi connectivity index (χ0v) is 17.2. The molecular weight excluding hydrogens is 418 g/mol. The Kier molecular flexibility index (Phi) is 9.81. The Morgan fingerprint density at radius 2 is 1.74 bits per heavy atom. The molecule has 0 bridgehead atoms. The quantitative estimate of drug-likeness (QED) is 0.665. The zero-order chi connectivity index (χ0) is 14.7. The minimum Gasteiger partial charge on any atom is -0.314 e. The summed E-state index contributed by atoms with van der Waals surface area (Å²) in [5.74, 6) is 0.770. The molecule has 2 nitrogen and oxygen atoms in total. The van der Waals surface area contributed by atoms with Crippen molar-refractivity contribution < 1.29 is 0 Å². The summed E-state index contributed by atoms with van der Waals surface area (Å²) in [6.07, 6.45) is 6.87. The molecule has 3 rings (SSSR count). The highest BCUT2D eigenvalue weighted by molar-refractivity contribution is 9.10. The van der Waals surface area contributed by atoms with Gasteiger partial charge >= 0.3 is 0 Å². The maximum absolute atomic E-state index is 6.29. The fourth-order valence-electron chi connectivity index (χ4n) is 3.90. The summed E-state index contributed by atoms with van der Waals surface area (Å²) in [4.78, 5) is 2.67. The summed E-state index contributed by atoms with van der Waals surface area (Å²) in [7, 11) is 0. The van der Waals surface area contributed by atoms with Crippen LogP contribution in [-0.2, 0) is 0 Å². The van der Waals surface area contributed by atoms with Crippen LogP contribution in [0.1, 0.15) is 43.7 Å². The van der Waals surface area contributed by atoms with Crippen molar-refractivity contribution in [3.8, 4) is 0 Å². The van der Waals surface area contributed by atoms with Crippen molar-refractivity contribution in [3.63, 3.8) is 0 Å². The lowest BCUT2D eigenvalue weighted by Crippen LogP contribution is -2.47. The van der Waals surface area contributed by atoms with Gasteiger partial charge in [0.1, 0.15) is 0 Å². The third kappa shape index (κ3) is 5.49. The molecule has 0 amide bonds. The monoisotopic (exact) mass is 442 g/mol. The van der Waals surface area contributed by atoms with E-state index in [1.807, 2.05) is 6.07 Å². The molecule has 1 heterocycles. The second-order valence-electron chi connectivity index (χ2n) is 6.29. The fraction of sp³-hybridized carbons (Fsp3) is 0.647. The molecule has 1 N–H and O–H groups in total. The second kappa shape index (κ2) is 10.5. The summed E-state index contributed by atoms with van der Waals surface area (Å²) in [6, 6.07) is 6.77. The summed E-state index contributed by atoms with van der Waals surface area (Å²) >= 11 is 10.1. The van der Waals surface area contributed by atoms with Crippen LogP contribution >= 0.6 is 52.3 Å². The lowest BCUT2D eigenvalue weighted by Gasteiger charge is -2.41. The highest BCUT2D eigenvalue weighted by atomic mass is 79.9. The number of hydrogen-bond donors (Lipinski definition) is 1. The van der Waals surface area contributed by atoms with Gasteiger partial charge in [-0.25, -0.2) is 0 Å². The first kappa shape index (κ1) is 21.5. The number of rotatable bonds is 3. The average molecular weight is 445 g/mol. The lowest BCUT2D eigenvalue weighted by atomic mass is 9.80. The third-order valence-electron chi connectivity index (χ3n) is 4.92. The van der Waals surface area contributed by atoms with Crippen molar-refractivity contribution in [1.29, 1.82) is 0 Å². The molecule has 0 spiro atoms. The topological polar surface area (TPSA) is 15.3 Å². The first-order valence-electron chi connectivity index (χ1n) is 8.15. The van der Waals surface area contributed by atoms with E-state index in [-0.39, 0.29) is 24.8 Å². The molecule has 23 heavy (non-hydrogen) atoms. The van der Waals surface area contributed by atoms with E-state index in [1.54, 1.807) is 0 Å². The van der Waals surface area contributed by atoms with E-state index in [9.17, 15) is 0 Å². The van der Waals surface area contributed by atoms with Crippen LogP contribution in [-0.4, -0.2) is 31.1 Å². The second-order valence-corrected chi connectivity index (χ2v) is 7.59. The van der Waals surface area contributed by atoms with Gasteiger partial charge in [0, 0.05) is 41.7 Å². The van der Waals surface area contributed by atoms with Crippen LogP contribution in [0.2, 0.25) is 5.02 Å². The molecular formula is C17H26BrCl3N2. The Labute approximate surface area is 165 Å². The zero-order valence-electron chi connectivity index (χ0n) is 13.3. The van der Waals surface area contributed by atoms with Crippen molar-refractivity contribution in [2.45, 2.75) is 38.1 Å². The van der Waals surface area contributed by atoms with Crippen molar-refractivity contribution in [3.05, 3.63) is 33.3 Å². The Morgan fingerprint density at radius 1 is 1.09 bits per heavy atom. The number of piperazine rings is 1. The largest absolute Gasteiger partial charge is 0.314 e. The van der Waals surface area contributed by atoms with Crippen LogP contribution in [0, 0.1) is 5.92 Å². The molecule has 1 aliphatic heterocycles. The van der Waals surface area contributed by atoms with Gasteiger partial charge in [0.25, 0.3) is 0 Å². The van der Waals surface area contributed by atoms with Crippen molar-refractivity contribution in [1.82, 2.24) is 10.2 Å². The highest BCUT2D eigenvalue weighted by Crippen LogP contribution is 2.41. The molecule has 1 aromatic carbocycles. The standard InChI is InChI=1S/C17H24BrClN2.2ClH/c18-16-7-6-14(19)12-15(16)17(13-4-2-1-3-5-13)21-10-8-20-9-11-21;;/h6-7,12-13,17,20H,1-5,8-11H2;2*1H/t17-;;/m1../s1. The Bertz CT molecular complexity index is 457.